The molecular formula is C20H17BrN2O2S. The molecule has 26 heavy (non-hydrogen) atoms. The minimum Gasteiger partial charge on any atom is -0.451 e. The zero-order valence-corrected chi connectivity index (χ0v) is 17.1. The lowest BCUT2D eigenvalue weighted by atomic mass is 10.1. The highest BCUT2D eigenvalue weighted by atomic mass is 79.9. The largest absolute Gasteiger partial charge is 0.451 e. The van der Waals surface area contributed by atoms with Crippen molar-refractivity contribution in [3.05, 3.63) is 57.8 Å². The van der Waals surface area contributed by atoms with Gasteiger partial charge in [-0.05, 0) is 50.6 Å². The number of anilines is 1. The summed E-state index contributed by atoms with van der Waals surface area (Å²) in [6.45, 7) is 6.43. The van der Waals surface area contributed by atoms with Crippen LogP contribution in [0.15, 0.2) is 45.3 Å². The van der Waals surface area contributed by atoms with Gasteiger partial charge in [-0.1, -0.05) is 39.4 Å². The predicted octanol–water partition coefficient (Wildman–Crippen LogP) is 6.09. The van der Waals surface area contributed by atoms with E-state index in [2.05, 4.69) is 15.9 Å². The summed E-state index contributed by atoms with van der Waals surface area (Å²) >= 11 is 5.00. The van der Waals surface area contributed by atoms with Crippen LogP contribution in [0, 0.1) is 13.8 Å². The average molecular weight is 429 g/mol. The highest BCUT2D eigenvalue weighted by Gasteiger charge is 2.26. The Morgan fingerprint density at radius 2 is 2.08 bits per heavy atom. The standard InChI is InChI=1S/C20H17BrN2O2S/c1-4-23(20-22-17-11(2)6-5-7-16(17)26-20)19(24)18-12(3)14-10-13(21)8-9-15(14)25-18/h5-10H,4H2,1-3H3. The zero-order valence-electron chi connectivity index (χ0n) is 14.7. The molecule has 4 nitrogen and oxygen atoms in total. The monoisotopic (exact) mass is 428 g/mol. The Labute approximate surface area is 163 Å². The van der Waals surface area contributed by atoms with Crippen molar-refractivity contribution in [2.75, 3.05) is 11.4 Å². The summed E-state index contributed by atoms with van der Waals surface area (Å²) in [6, 6.07) is 11.8. The zero-order chi connectivity index (χ0) is 18.4. The van der Waals surface area contributed by atoms with Crippen LogP contribution in [0.1, 0.15) is 28.6 Å². The number of para-hydroxylation sites is 1. The number of carbonyl (C=O) groups is 1. The van der Waals surface area contributed by atoms with Crippen molar-refractivity contribution in [2.45, 2.75) is 20.8 Å². The van der Waals surface area contributed by atoms with E-state index in [0.29, 0.717) is 23.0 Å². The first-order valence-corrected chi connectivity index (χ1v) is 9.97. The Kier molecular flexibility index (Phi) is 4.32. The molecule has 0 atom stereocenters. The third-order valence-corrected chi connectivity index (χ3v) is 6.03. The molecule has 2 heterocycles. The van der Waals surface area contributed by atoms with Crippen molar-refractivity contribution >= 4 is 59.5 Å². The molecule has 0 spiro atoms. The maximum absolute atomic E-state index is 13.2. The fourth-order valence-corrected chi connectivity index (χ4v) is 4.54. The van der Waals surface area contributed by atoms with Gasteiger partial charge >= 0.3 is 0 Å². The van der Waals surface area contributed by atoms with Crippen molar-refractivity contribution in [3.63, 3.8) is 0 Å². The van der Waals surface area contributed by atoms with Crippen LogP contribution >= 0.6 is 27.3 Å². The smallest absolute Gasteiger partial charge is 0.296 e. The van der Waals surface area contributed by atoms with Crippen LogP contribution in [0.4, 0.5) is 5.13 Å². The molecule has 0 N–H and O–H groups in total. The van der Waals surface area contributed by atoms with Gasteiger partial charge in [0.2, 0.25) is 0 Å². The minimum atomic E-state index is -0.158. The molecule has 0 radical (unpaired) electrons. The second kappa shape index (κ2) is 6.52. The van der Waals surface area contributed by atoms with Gasteiger partial charge in [-0.3, -0.25) is 9.69 Å². The van der Waals surface area contributed by atoms with Crippen LogP contribution in [0.25, 0.3) is 21.2 Å². The van der Waals surface area contributed by atoms with Gasteiger partial charge in [-0.15, -0.1) is 0 Å². The molecule has 1 amide bonds. The lowest BCUT2D eigenvalue weighted by Crippen LogP contribution is -2.30. The minimum absolute atomic E-state index is 0.158. The van der Waals surface area contributed by atoms with Gasteiger partial charge in [0.15, 0.2) is 10.9 Å². The summed E-state index contributed by atoms with van der Waals surface area (Å²) in [5.41, 5.74) is 3.62. The number of thiazole rings is 1. The SMILES string of the molecule is CCN(C(=O)c1oc2ccc(Br)cc2c1C)c1nc2c(C)cccc2s1. The van der Waals surface area contributed by atoms with Gasteiger partial charge in [-0.2, -0.15) is 0 Å². The summed E-state index contributed by atoms with van der Waals surface area (Å²) < 4.78 is 7.92. The van der Waals surface area contributed by atoms with Gasteiger partial charge in [0.25, 0.3) is 5.91 Å². The molecule has 0 fully saturated rings. The number of hydrogen-bond acceptors (Lipinski definition) is 4. The molecule has 0 aliphatic carbocycles. The summed E-state index contributed by atoms with van der Waals surface area (Å²) in [7, 11) is 0. The first kappa shape index (κ1) is 17.2. The van der Waals surface area contributed by atoms with E-state index in [1.807, 2.05) is 57.2 Å². The Morgan fingerprint density at radius 3 is 2.81 bits per heavy atom. The summed E-state index contributed by atoms with van der Waals surface area (Å²) in [4.78, 5) is 19.6. The molecule has 0 bridgehead atoms. The van der Waals surface area contributed by atoms with E-state index in [0.717, 1.165) is 31.2 Å². The highest BCUT2D eigenvalue weighted by molar-refractivity contribution is 9.10. The molecule has 0 saturated carbocycles. The fraction of sp³-hybridized carbons (Fsp3) is 0.200. The number of rotatable bonds is 3. The Balaban J connectivity index is 1.80. The molecule has 6 heteroatoms. The Hall–Kier alpha value is -2.18. The van der Waals surface area contributed by atoms with Gasteiger partial charge < -0.3 is 4.42 Å². The number of aryl methyl sites for hydroxylation is 2. The van der Waals surface area contributed by atoms with E-state index in [9.17, 15) is 4.79 Å². The summed E-state index contributed by atoms with van der Waals surface area (Å²) in [5.74, 6) is 0.213. The number of furan rings is 1. The molecule has 4 rings (SSSR count). The van der Waals surface area contributed by atoms with Crippen LogP contribution in [-0.4, -0.2) is 17.4 Å². The lowest BCUT2D eigenvalue weighted by Gasteiger charge is -2.16. The molecule has 2 aromatic heterocycles. The van der Waals surface area contributed by atoms with Crippen LogP contribution in [-0.2, 0) is 0 Å². The van der Waals surface area contributed by atoms with E-state index in [1.54, 1.807) is 4.90 Å². The van der Waals surface area contributed by atoms with Crippen molar-refractivity contribution in [1.29, 1.82) is 0 Å². The first-order valence-electron chi connectivity index (χ1n) is 8.36. The van der Waals surface area contributed by atoms with Crippen molar-refractivity contribution in [3.8, 4) is 0 Å². The van der Waals surface area contributed by atoms with E-state index in [4.69, 9.17) is 9.40 Å². The molecule has 4 aromatic rings. The normalized spacial score (nSPS) is 11.4. The predicted molar refractivity (Wildman–Crippen MR) is 110 cm³/mol. The summed E-state index contributed by atoms with van der Waals surface area (Å²) in [5, 5.41) is 1.64. The van der Waals surface area contributed by atoms with Crippen LogP contribution in [0.3, 0.4) is 0 Å². The molecule has 2 aromatic carbocycles. The van der Waals surface area contributed by atoms with Gasteiger partial charge in [-0.25, -0.2) is 4.98 Å². The van der Waals surface area contributed by atoms with Gasteiger partial charge in [0.1, 0.15) is 5.58 Å². The van der Waals surface area contributed by atoms with Crippen molar-refractivity contribution < 1.29 is 9.21 Å². The van der Waals surface area contributed by atoms with Crippen LogP contribution in [0.2, 0.25) is 0 Å². The molecule has 0 unspecified atom stereocenters. The average Bonchev–Trinajstić information content (AvgIpc) is 3.18. The van der Waals surface area contributed by atoms with E-state index in [1.165, 1.54) is 11.3 Å². The maximum atomic E-state index is 13.2. The number of amides is 1. The molecule has 0 aliphatic rings. The number of nitrogens with zero attached hydrogens (tertiary/aromatic N) is 2. The highest BCUT2D eigenvalue weighted by Crippen LogP contribution is 2.33. The second-order valence-corrected chi connectivity index (χ2v) is 8.09. The summed E-state index contributed by atoms with van der Waals surface area (Å²) in [6.07, 6.45) is 0. The van der Waals surface area contributed by atoms with Gasteiger partial charge in [0.05, 0.1) is 10.2 Å². The maximum Gasteiger partial charge on any atom is 0.296 e. The fourth-order valence-electron chi connectivity index (χ4n) is 3.08. The molecular weight excluding hydrogens is 412 g/mol. The van der Waals surface area contributed by atoms with Gasteiger partial charge in [0, 0.05) is 22.0 Å². The van der Waals surface area contributed by atoms with Crippen LogP contribution in [0.5, 0.6) is 0 Å². The molecule has 132 valence electrons. The number of carbonyl (C=O) groups excluding carboxylic acids is 1. The van der Waals surface area contributed by atoms with E-state index < -0.39 is 0 Å². The molecule has 0 saturated heterocycles. The van der Waals surface area contributed by atoms with E-state index >= 15 is 0 Å². The second-order valence-electron chi connectivity index (χ2n) is 6.16. The quantitative estimate of drug-likeness (QED) is 0.396. The number of aromatic nitrogens is 1. The number of fused-ring (bicyclic) bond motifs is 2. The van der Waals surface area contributed by atoms with E-state index in [-0.39, 0.29) is 5.91 Å². The van der Waals surface area contributed by atoms with Crippen LogP contribution < -0.4 is 4.90 Å². The molecule has 0 aliphatic heterocycles. The Bertz CT molecular complexity index is 1150. The number of hydrogen-bond donors (Lipinski definition) is 0. The third-order valence-electron chi connectivity index (χ3n) is 4.49. The van der Waals surface area contributed by atoms with Crippen molar-refractivity contribution in [1.82, 2.24) is 4.98 Å². The Morgan fingerprint density at radius 1 is 1.27 bits per heavy atom. The van der Waals surface area contributed by atoms with Crippen molar-refractivity contribution in [2.24, 2.45) is 0 Å². The third kappa shape index (κ3) is 2.73. The number of halogens is 1. The lowest BCUT2D eigenvalue weighted by molar-refractivity contribution is 0.0963. The first-order chi connectivity index (χ1) is 12.5. The number of benzene rings is 2. The topological polar surface area (TPSA) is 46.3 Å².